The van der Waals surface area contributed by atoms with Crippen molar-refractivity contribution < 1.29 is 0 Å². The van der Waals surface area contributed by atoms with Gasteiger partial charge in [0.1, 0.15) is 0 Å². The van der Waals surface area contributed by atoms with Gasteiger partial charge in [0.15, 0.2) is 0 Å². The highest BCUT2D eigenvalue weighted by Crippen LogP contribution is 2.35. The zero-order valence-corrected chi connectivity index (χ0v) is 5.78. The maximum atomic E-state index is 3.17. The molecule has 0 amide bonds. The van der Waals surface area contributed by atoms with E-state index in [2.05, 4.69) is 32.6 Å². The van der Waals surface area contributed by atoms with Crippen LogP contribution >= 0.6 is 0 Å². The van der Waals surface area contributed by atoms with Crippen molar-refractivity contribution in [2.75, 3.05) is 0 Å². The van der Waals surface area contributed by atoms with Gasteiger partial charge in [-0.25, -0.2) is 0 Å². The Kier molecular flexibility index (Phi) is 1.08. The van der Waals surface area contributed by atoms with Gasteiger partial charge in [0.2, 0.25) is 0 Å². The van der Waals surface area contributed by atoms with Crippen LogP contribution in [0.2, 0.25) is 0 Å². The van der Waals surface area contributed by atoms with Crippen molar-refractivity contribution in [1.29, 1.82) is 0 Å². The van der Waals surface area contributed by atoms with E-state index in [0.29, 0.717) is 11.3 Å². The molecule has 0 bridgehead atoms. The minimum absolute atomic E-state index is 0.361. The lowest BCUT2D eigenvalue weighted by atomic mass is 9.70. The Morgan fingerprint density at radius 1 is 1.62 bits per heavy atom. The van der Waals surface area contributed by atoms with Crippen LogP contribution in [0, 0.1) is 23.2 Å². The van der Waals surface area contributed by atoms with Crippen LogP contribution in [0.25, 0.3) is 0 Å². The highest BCUT2D eigenvalue weighted by atomic mass is 14.3. The summed E-state index contributed by atoms with van der Waals surface area (Å²) in [4.78, 5) is 0. The molecule has 0 saturated carbocycles. The third-order valence-electron chi connectivity index (χ3n) is 2.26. The fourth-order valence-corrected chi connectivity index (χ4v) is 0.857. The highest BCUT2D eigenvalue weighted by molar-refractivity contribution is 5.27. The van der Waals surface area contributed by atoms with Crippen molar-refractivity contribution in [3.8, 4) is 11.8 Å². The molecule has 0 radical (unpaired) electrons. The molecule has 1 aliphatic carbocycles. The lowest BCUT2D eigenvalue weighted by Gasteiger charge is -2.31. The van der Waals surface area contributed by atoms with Crippen LogP contribution in [0.1, 0.15) is 27.2 Å². The monoisotopic (exact) mass is 108 g/mol. The Labute approximate surface area is 51.3 Å². The summed E-state index contributed by atoms with van der Waals surface area (Å²) in [5.41, 5.74) is 0.361. The first kappa shape index (κ1) is 5.69. The zero-order chi connectivity index (χ0) is 6.20. The quantitative estimate of drug-likeness (QED) is 0.451. The van der Waals surface area contributed by atoms with Crippen LogP contribution in [-0.2, 0) is 0 Å². The zero-order valence-electron chi connectivity index (χ0n) is 5.78. The summed E-state index contributed by atoms with van der Waals surface area (Å²) in [6, 6.07) is 0. The molecule has 0 heterocycles. The molecular formula is C8H12. The largest absolute Gasteiger partial charge is 0.0980 e. The third-order valence-corrected chi connectivity index (χ3v) is 2.26. The van der Waals surface area contributed by atoms with Crippen molar-refractivity contribution in [2.45, 2.75) is 27.2 Å². The van der Waals surface area contributed by atoms with Gasteiger partial charge < -0.3 is 0 Å². The number of hydrogen-bond donors (Lipinski definition) is 0. The van der Waals surface area contributed by atoms with E-state index in [9.17, 15) is 0 Å². The standard InChI is InChI=1S/C8H12/c1-4-8(3)6-5-7(8)2/h7H,4H2,1-3H3. The van der Waals surface area contributed by atoms with Gasteiger partial charge in [-0.05, 0) is 20.3 Å². The van der Waals surface area contributed by atoms with Crippen molar-refractivity contribution in [3.63, 3.8) is 0 Å². The Hall–Kier alpha value is -0.440. The van der Waals surface area contributed by atoms with Crippen molar-refractivity contribution >= 4 is 0 Å². The van der Waals surface area contributed by atoms with E-state index >= 15 is 0 Å². The molecular weight excluding hydrogens is 96.1 g/mol. The SMILES string of the molecule is CCC1(C)C#CC1C. The molecule has 1 rings (SSSR count). The molecule has 0 aromatic heterocycles. The fraction of sp³-hybridized carbons (Fsp3) is 0.750. The molecule has 0 spiro atoms. The van der Waals surface area contributed by atoms with Crippen LogP contribution in [0.5, 0.6) is 0 Å². The summed E-state index contributed by atoms with van der Waals surface area (Å²) in [7, 11) is 0. The van der Waals surface area contributed by atoms with E-state index in [4.69, 9.17) is 0 Å². The molecule has 8 heavy (non-hydrogen) atoms. The van der Waals surface area contributed by atoms with Gasteiger partial charge in [-0.2, -0.15) is 0 Å². The summed E-state index contributed by atoms with van der Waals surface area (Å²) in [5, 5.41) is 0. The second-order valence-electron chi connectivity index (χ2n) is 2.76. The van der Waals surface area contributed by atoms with Crippen LogP contribution < -0.4 is 0 Å². The minimum Gasteiger partial charge on any atom is -0.0980 e. The molecule has 0 fully saturated rings. The van der Waals surface area contributed by atoms with Crippen LogP contribution in [0.3, 0.4) is 0 Å². The van der Waals surface area contributed by atoms with Crippen molar-refractivity contribution in [1.82, 2.24) is 0 Å². The lowest BCUT2D eigenvalue weighted by Crippen LogP contribution is -2.28. The van der Waals surface area contributed by atoms with Gasteiger partial charge in [0.25, 0.3) is 0 Å². The topological polar surface area (TPSA) is 0 Å². The number of hydrogen-bond acceptors (Lipinski definition) is 0. The second kappa shape index (κ2) is 1.52. The van der Waals surface area contributed by atoms with E-state index in [1.807, 2.05) is 0 Å². The summed E-state index contributed by atoms with van der Waals surface area (Å²) >= 11 is 0. The average molecular weight is 108 g/mol. The maximum Gasteiger partial charge on any atom is 0.0418 e. The van der Waals surface area contributed by atoms with Gasteiger partial charge in [-0.3, -0.25) is 0 Å². The van der Waals surface area contributed by atoms with Crippen molar-refractivity contribution in [2.24, 2.45) is 11.3 Å². The molecule has 0 aliphatic heterocycles. The van der Waals surface area contributed by atoms with E-state index in [0.717, 1.165) is 0 Å². The smallest absolute Gasteiger partial charge is 0.0418 e. The molecule has 0 heteroatoms. The normalized spacial score (nSPS) is 42.1. The van der Waals surface area contributed by atoms with Crippen LogP contribution in [0.4, 0.5) is 0 Å². The predicted molar refractivity (Wildman–Crippen MR) is 35.3 cm³/mol. The lowest BCUT2D eigenvalue weighted by molar-refractivity contribution is 0.316. The molecule has 2 atom stereocenters. The van der Waals surface area contributed by atoms with Crippen molar-refractivity contribution in [3.05, 3.63) is 0 Å². The molecule has 44 valence electrons. The average Bonchev–Trinajstić information content (AvgIpc) is 1.83. The van der Waals surface area contributed by atoms with Crippen LogP contribution in [-0.4, -0.2) is 0 Å². The summed E-state index contributed by atoms with van der Waals surface area (Å²) in [6.07, 6.45) is 1.20. The molecule has 0 saturated heterocycles. The Bertz CT molecular complexity index is 147. The summed E-state index contributed by atoms with van der Waals surface area (Å²) in [6.45, 7) is 6.62. The summed E-state index contributed by atoms with van der Waals surface area (Å²) < 4.78 is 0. The van der Waals surface area contributed by atoms with Crippen LogP contribution in [0.15, 0.2) is 0 Å². The van der Waals surface area contributed by atoms with Gasteiger partial charge in [-0.1, -0.05) is 18.8 Å². The second-order valence-corrected chi connectivity index (χ2v) is 2.76. The Morgan fingerprint density at radius 2 is 2.25 bits per heavy atom. The summed E-state index contributed by atoms with van der Waals surface area (Å²) in [5.74, 6) is 6.90. The first-order valence-electron chi connectivity index (χ1n) is 3.22. The van der Waals surface area contributed by atoms with E-state index < -0.39 is 0 Å². The van der Waals surface area contributed by atoms with E-state index in [-0.39, 0.29) is 0 Å². The van der Waals surface area contributed by atoms with Gasteiger partial charge in [-0.15, -0.1) is 0 Å². The van der Waals surface area contributed by atoms with Gasteiger partial charge in [0.05, 0.1) is 0 Å². The van der Waals surface area contributed by atoms with E-state index in [1.54, 1.807) is 0 Å². The first-order chi connectivity index (χ1) is 3.69. The van der Waals surface area contributed by atoms with Gasteiger partial charge >= 0.3 is 0 Å². The minimum atomic E-state index is 0.361. The number of rotatable bonds is 1. The maximum absolute atomic E-state index is 3.17. The van der Waals surface area contributed by atoms with Gasteiger partial charge in [0, 0.05) is 11.3 Å². The van der Waals surface area contributed by atoms with E-state index in [1.165, 1.54) is 6.42 Å². The fourth-order valence-electron chi connectivity index (χ4n) is 0.857. The molecule has 0 N–H and O–H groups in total. The molecule has 0 aromatic rings. The molecule has 1 aliphatic rings. The predicted octanol–water partition coefficient (Wildman–Crippen LogP) is 2.06. The molecule has 2 unspecified atom stereocenters. The Morgan fingerprint density at radius 3 is 2.25 bits per heavy atom. The molecule has 0 nitrogen and oxygen atoms in total. The first-order valence-corrected chi connectivity index (χ1v) is 3.22. The highest BCUT2D eigenvalue weighted by Gasteiger charge is 2.31. The third kappa shape index (κ3) is 0.545. The molecule has 0 aromatic carbocycles. The Balaban J connectivity index is 2.65.